The van der Waals surface area contributed by atoms with Gasteiger partial charge in [-0.3, -0.25) is 14.7 Å². The Balaban J connectivity index is 1.38. The molecule has 0 unspecified atom stereocenters. The number of aryl methyl sites for hydroxylation is 2. The largest absolute Gasteiger partial charge is 0.283 e. The summed E-state index contributed by atoms with van der Waals surface area (Å²) in [7, 11) is -3.75. The summed E-state index contributed by atoms with van der Waals surface area (Å²) >= 11 is 1.48. The Bertz CT molecular complexity index is 1490. The number of rotatable bonds is 6. The van der Waals surface area contributed by atoms with Crippen LogP contribution < -0.4 is 4.90 Å². The van der Waals surface area contributed by atoms with Crippen molar-refractivity contribution in [2.75, 3.05) is 18.0 Å². The van der Waals surface area contributed by atoms with Crippen molar-refractivity contribution >= 4 is 42.6 Å². The van der Waals surface area contributed by atoms with Crippen molar-refractivity contribution in [3.8, 4) is 0 Å². The van der Waals surface area contributed by atoms with Crippen LogP contribution in [0.4, 0.5) is 9.52 Å². The summed E-state index contributed by atoms with van der Waals surface area (Å²) in [5.74, 6) is -0.904. The molecule has 2 aromatic heterocycles. The van der Waals surface area contributed by atoms with Gasteiger partial charge in [-0.25, -0.2) is 17.8 Å². The molecule has 0 saturated carbocycles. The van der Waals surface area contributed by atoms with E-state index in [1.54, 1.807) is 17.3 Å². The lowest BCUT2D eigenvalue weighted by Gasteiger charge is -2.33. The minimum absolute atomic E-state index is 0.0527. The second-order valence-corrected chi connectivity index (χ2v) is 12.3. The number of halogens is 1. The fraction of sp³-hybridized carbons (Fsp3) is 0.296. The molecular weight excluding hydrogens is 511 g/mol. The van der Waals surface area contributed by atoms with E-state index in [-0.39, 0.29) is 29.8 Å². The zero-order chi connectivity index (χ0) is 26.2. The number of hydrogen-bond acceptors (Lipinski definition) is 6. The highest BCUT2D eigenvalue weighted by Gasteiger charge is 2.35. The van der Waals surface area contributed by atoms with Gasteiger partial charge in [0.1, 0.15) is 5.82 Å². The third-order valence-corrected chi connectivity index (χ3v) is 9.76. The molecule has 3 heterocycles. The Morgan fingerprint density at radius 2 is 1.81 bits per heavy atom. The molecule has 1 saturated heterocycles. The minimum atomic E-state index is -3.75. The number of benzene rings is 2. The monoisotopic (exact) mass is 538 g/mol. The van der Waals surface area contributed by atoms with Gasteiger partial charge in [0.15, 0.2) is 5.13 Å². The molecule has 1 fully saturated rings. The van der Waals surface area contributed by atoms with Gasteiger partial charge in [-0.1, -0.05) is 17.4 Å². The molecule has 10 heteroatoms. The molecule has 0 aliphatic carbocycles. The number of carbonyl (C=O) groups is 1. The van der Waals surface area contributed by atoms with Crippen molar-refractivity contribution < 1.29 is 17.6 Å². The molecule has 0 atom stereocenters. The second kappa shape index (κ2) is 10.3. The Hall–Kier alpha value is -3.21. The maximum absolute atomic E-state index is 13.8. The second-order valence-electron chi connectivity index (χ2n) is 9.32. The molecular formula is C27H27FN4O3S2. The molecule has 1 aliphatic heterocycles. The molecule has 1 amide bonds. The molecule has 0 radical (unpaired) electrons. The number of piperidine rings is 1. The number of anilines is 1. The first-order valence-corrected chi connectivity index (χ1v) is 14.3. The van der Waals surface area contributed by atoms with Gasteiger partial charge >= 0.3 is 0 Å². The summed E-state index contributed by atoms with van der Waals surface area (Å²) in [4.78, 5) is 24.6. The van der Waals surface area contributed by atoms with E-state index in [0.29, 0.717) is 24.5 Å². The van der Waals surface area contributed by atoms with Crippen molar-refractivity contribution in [3.05, 3.63) is 83.4 Å². The van der Waals surface area contributed by atoms with Gasteiger partial charge in [-0.15, -0.1) is 0 Å². The number of amides is 1. The first-order chi connectivity index (χ1) is 17.7. The number of aromatic nitrogens is 2. The highest BCUT2D eigenvalue weighted by Crippen LogP contribution is 2.34. The van der Waals surface area contributed by atoms with Gasteiger partial charge in [0.05, 0.1) is 21.7 Å². The average Bonchev–Trinajstić information content (AvgIpc) is 3.30. The number of fused-ring (bicyclic) bond motifs is 1. The maximum Gasteiger partial charge on any atom is 0.243 e. The quantitative estimate of drug-likeness (QED) is 0.342. The number of hydrogen-bond donors (Lipinski definition) is 0. The third-order valence-electron chi connectivity index (χ3n) is 6.81. The predicted octanol–water partition coefficient (Wildman–Crippen LogP) is 5.08. The summed E-state index contributed by atoms with van der Waals surface area (Å²) in [5.41, 5.74) is 4.05. The van der Waals surface area contributed by atoms with E-state index in [4.69, 9.17) is 4.98 Å². The van der Waals surface area contributed by atoms with Crippen LogP contribution in [0.5, 0.6) is 0 Å². The van der Waals surface area contributed by atoms with Crippen LogP contribution >= 0.6 is 11.3 Å². The highest BCUT2D eigenvalue weighted by atomic mass is 32.2. The molecule has 0 N–H and O–H groups in total. The number of thiazole rings is 1. The van der Waals surface area contributed by atoms with Crippen molar-refractivity contribution in [1.29, 1.82) is 0 Å². The van der Waals surface area contributed by atoms with E-state index in [1.165, 1.54) is 33.3 Å². The van der Waals surface area contributed by atoms with E-state index in [1.807, 2.05) is 25.1 Å². The lowest BCUT2D eigenvalue weighted by molar-refractivity contribution is -0.123. The van der Waals surface area contributed by atoms with E-state index >= 15 is 0 Å². The maximum atomic E-state index is 13.8. The SMILES string of the molecule is Cc1cc2nc(N(Cc3cccnc3)C(=O)C3CCN(S(=O)(=O)c4ccc(F)cc4)CC3)sc2cc1C. The van der Waals surface area contributed by atoms with Gasteiger partial charge in [-0.05, 0) is 85.8 Å². The number of pyridine rings is 1. The summed E-state index contributed by atoms with van der Waals surface area (Å²) in [6, 6.07) is 12.7. The van der Waals surface area contributed by atoms with E-state index in [2.05, 4.69) is 18.0 Å². The molecule has 5 rings (SSSR count). The Kier molecular flexibility index (Phi) is 7.06. The highest BCUT2D eigenvalue weighted by molar-refractivity contribution is 7.89. The summed E-state index contributed by atoms with van der Waals surface area (Å²) < 4.78 is 41.7. The summed E-state index contributed by atoms with van der Waals surface area (Å²) in [6.45, 7) is 4.86. The van der Waals surface area contributed by atoms with Gasteiger partial charge in [0, 0.05) is 31.4 Å². The Morgan fingerprint density at radius 3 is 2.49 bits per heavy atom. The first kappa shape index (κ1) is 25.4. The van der Waals surface area contributed by atoms with Crippen molar-refractivity contribution in [1.82, 2.24) is 14.3 Å². The molecule has 2 aromatic carbocycles. The smallest absolute Gasteiger partial charge is 0.243 e. The lowest BCUT2D eigenvalue weighted by atomic mass is 9.96. The predicted molar refractivity (Wildman–Crippen MR) is 142 cm³/mol. The Labute approximate surface area is 219 Å². The molecule has 1 aliphatic rings. The van der Waals surface area contributed by atoms with Crippen molar-refractivity contribution in [2.24, 2.45) is 5.92 Å². The number of sulfonamides is 1. The van der Waals surface area contributed by atoms with Crippen LogP contribution in [0, 0.1) is 25.6 Å². The normalized spacial score (nSPS) is 15.2. The van der Waals surface area contributed by atoms with Gasteiger partial charge in [-0.2, -0.15) is 4.31 Å². The van der Waals surface area contributed by atoms with Gasteiger partial charge < -0.3 is 0 Å². The topological polar surface area (TPSA) is 83.5 Å². The summed E-state index contributed by atoms with van der Waals surface area (Å²) in [5, 5.41) is 0.621. The molecule has 4 aromatic rings. The van der Waals surface area contributed by atoms with Crippen LogP contribution in [0.15, 0.2) is 65.8 Å². The van der Waals surface area contributed by atoms with Crippen LogP contribution in [0.2, 0.25) is 0 Å². The molecule has 192 valence electrons. The van der Waals surface area contributed by atoms with Crippen LogP contribution in [0.1, 0.15) is 29.5 Å². The zero-order valence-corrected chi connectivity index (χ0v) is 22.2. The molecule has 7 nitrogen and oxygen atoms in total. The van der Waals surface area contributed by atoms with Gasteiger partial charge in [0.25, 0.3) is 0 Å². The first-order valence-electron chi connectivity index (χ1n) is 12.1. The molecule has 0 bridgehead atoms. The zero-order valence-electron chi connectivity index (χ0n) is 20.6. The lowest BCUT2D eigenvalue weighted by Crippen LogP contribution is -2.44. The standard InChI is InChI=1S/C27H27FN4O3S2/c1-18-14-24-25(15-19(18)2)36-27(30-24)32(17-20-4-3-11-29-16-20)26(33)21-9-12-31(13-10-21)37(34,35)23-7-5-22(28)6-8-23/h3-8,11,14-16,21H,9-10,12-13,17H2,1-2H3. The van der Waals surface area contributed by atoms with Gasteiger partial charge in [0.2, 0.25) is 15.9 Å². The van der Waals surface area contributed by atoms with Crippen molar-refractivity contribution in [3.63, 3.8) is 0 Å². The minimum Gasteiger partial charge on any atom is -0.283 e. The molecule has 0 spiro atoms. The molecule has 37 heavy (non-hydrogen) atoms. The van der Waals surface area contributed by atoms with Crippen LogP contribution in [-0.2, 0) is 21.4 Å². The van der Waals surface area contributed by atoms with Crippen LogP contribution in [-0.4, -0.2) is 41.7 Å². The van der Waals surface area contributed by atoms with Crippen molar-refractivity contribution in [2.45, 2.75) is 38.1 Å². The van der Waals surface area contributed by atoms with E-state index in [0.717, 1.165) is 33.5 Å². The number of nitrogens with zero attached hydrogens (tertiary/aromatic N) is 4. The van der Waals surface area contributed by atoms with Crippen LogP contribution in [0.3, 0.4) is 0 Å². The number of carbonyl (C=O) groups excluding carboxylic acids is 1. The van der Waals surface area contributed by atoms with E-state index in [9.17, 15) is 17.6 Å². The van der Waals surface area contributed by atoms with Crippen LogP contribution in [0.25, 0.3) is 10.2 Å². The Morgan fingerprint density at radius 1 is 1.11 bits per heavy atom. The van der Waals surface area contributed by atoms with E-state index < -0.39 is 15.8 Å². The fourth-order valence-electron chi connectivity index (χ4n) is 4.52. The fourth-order valence-corrected chi connectivity index (χ4v) is 7.04. The summed E-state index contributed by atoms with van der Waals surface area (Å²) in [6.07, 6.45) is 4.22. The third kappa shape index (κ3) is 5.27. The average molecular weight is 539 g/mol.